The fourth-order valence-corrected chi connectivity index (χ4v) is 2.60. The molecule has 0 saturated heterocycles. The Labute approximate surface area is 117 Å². The molecule has 2 aromatic rings. The number of ether oxygens (including phenoxy) is 1. The number of hydrogen-bond acceptors (Lipinski definition) is 5. The summed E-state index contributed by atoms with van der Waals surface area (Å²) in [6, 6.07) is 8.15. The molecule has 0 saturated carbocycles. The molecule has 1 aromatic heterocycles. The molecule has 1 unspecified atom stereocenters. The Morgan fingerprint density at radius 2 is 2.21 bits per heavy atom. The highest BCUT2D eigenvalue weighted by Crippen LogP contribution is 2.28. The molecule has 1 aromatic carbocycles. The van der Waals surface area contributed by atoms with Crippen LogP contribution >= 0.6 is 11.3 Å². The van der Waals surface area contributed by atoms with E-state index in [0.29, 0.717) is 0 Å². The lowest BCUT2D eigenvalue weighted by Crippen LogP contribution is -2.18. The standard InChI is InChI=1S/C14H19N3OS/c1-4-8-15-10(2)13-16-17-14(19-13)11-6-5-7-12(9-11)18-3/h5-7,9-10,15H,4,8H2,1-3H3. The van der Waals surface area contributed by atoms with Crippen LogP contribution in [0.25, 0.3) is 10.6 Å². The van der Waals surface area contributed by atoms with Crippen molar-refractivity contribution in [2.45, 2.75) is 26.3 Å². The van der Waals surface area contributed by atoms with Crippen molar-refractivity contribution >= 4 is 11.3 Å². The molecule has 19 heavy (non-hydrogen) atoms. The van der Waals surface area contributed by atoms with E-state index in [-0.39, 0.29) is 6.04 Å². The van der Waals surface area contributed by atoms with E-state index in [9.17, 15) is 0 Å². The lowest BCUT2D eigenvalue weighted by Gasteiger charge is -2.08. The molecule has 0 fully saturated rings. The van der Waals surface area contributed by atoms with Crippen molar-refractivity contribution in [2.24, 2.45) is 0 Å². The number of nitrogens with one attached hydrogen (secondary N) is 1. The minimum absolute atomic E-state index is 0.247. The van der Waals surface area contributed by atoms with Gasteiger partial charge in [-0.3, -0.25) is 0 Å². The van der Waals surface area contributed by atoms with Crippen LogP contribution < -0.4 is 10.1 Å². The quantitative estimate of drug-likeness (QED) is 0.880. The average molecular weight is 277 g/mol. The number of hydrogen-bond donors (Lipinski definition) is 1. The van der Waals surface area contributed by atoms with Crippen molar-refractivity contribution in [1.82, 2.24) is 15.5 Å². The minimum Gasteiger partial charge on any atom is -0.497 e. The number of aromatic nitrogens is 2. The maximum absolute atomic E-state index is 5.23. The van der Waals surface area contributed by atoms with Gasteiger partial charge in [-0.25, -0.2) is 0 Å². The Morgan fingerprint density at radius 3 is 2.95 bits per heavy atom. The highest BCUT2D eigenvalue weighted by molar-refractivity contribution is 7.14. The van der Waals surface area contributed by atoms with Crippen LogP contribution in [0.4, 0.5) is 0 Å². The molecule has 1 atom stereocenters. The second-order valence-electron chi connectivity index (χ2n) is 4.35. The molecule has 102 valence electrons. The van der Waals surface area contributed by atoms with Crippen LogP contribution in [-0.2, 0) is 0 Å². The summed E-state index contributed by atoms with van der Waals surface area (Å²) in [4.78, 5) is 0. The second kappa shape index (κ2) is 6.63. The maximum Gasteiger partial charge on any atom is 0.147 e. The van der Waals surface area contributed by atoms with E-state index in [4.69, 9.17) is 4.74 Å². The molecular weight excluding hydrogens is 258 g/mol. The first kappa shape index (κ1) is 14.0. The van der Waals surface area contributed by atoms with E-state index < -0.39 is 0 Å². The second-order valence-corrected chi connectivity index (χ2v) is 5.36. The first-order valence-corrected chi connectivity index (χ1v) is 7.27. The van der Waals surface area contributed by atoms with Gasteiger partial charge in [0.1, 0.15) is 15.8 Å². The SMILES string of the molecule is CCCNC(C)c1nnc(-c2cccc(OC)c2)s1. The number of methoxy groups -OCH3 is 1. The largest absolute Gasteiger partial charge is 0.497 e. The van der Waals surface area contributed by atoms with E-state index in [2.05, 4.69) is 29.4 Å². The van der Waals surface area contributed by atoms with Gasteiger partial charge in [-0.2, -0.15) is 0 Å². The van der Waals surface area contributed by atoms with Crippen LogP contribution in [-0.4, -0.2) is 23.9 Å². The van der Waals surface area contributed by atoms with Crippen LogP contribution in [0.1, 0.15) is 31.3 Å². The van der Waals surface area contributed by atoms with Gasteiger partial charge in [0.25, 0.3) is 0 Å². The van der Waals surface area contributed by atoms with Crippen LogP contribution in [0.15, 0.2) is 24.3 Å². The van der Waals surface area contributed by atoms with Crippen LogP contribution in [0.2, 0.25) is 0 Å². The molecule has 0 radical (unpaired) electrons. The van der Waals surface area contributed by atoms with Crippen LogP contribution in [0, 0.1) is 0 Å². The normalized spacial score (nSPS) is 12.4. The Hall–Kier alpha value is -1.46. The fraction of sp³-hybridized carbons (Fsp3) is 0.429. The Balaban J connectivity index is 2.15. The summed E-state index contributed by atoms with van der Waals surface area (Å²) in [5.74, 6) is 0.839. The third kappa shape index (κ3) is 3.52. The highest BCUT2D eigenvalue weighted by Gasteiger charge is 2.12. The van der Waals surface area contributed by atoms with Gasteiger partial charge < -0.3 is 10.1 Å². The van der Waals surface area contributed by atoms with Crippen molar-refractivity contribution in [3.05, 3.63) is 29.3 Å². The van der Waals surface area contributed by atoms with Crippen molar-refractivity contribution < 1.29 is 4.74 Å². The van der Waals surface area contributed by atoms with Crippen molar-refractivity contribution in [1.29, 1.82) is 0 Å². The van der Waals surface area contributed by atoms with Crippen molar-refractivity contribution in [3.63, 3.8) is 0 Å². The first-order valence-electron chi connectivity index (χ1n) is 6.45. The predicted molar refractivity (Wildman–Crippen MR) is 78.6 cm³/mol. The summed E-state index contributed by atoms with van der Waals surface area (Å²) >= 11 is 1.62. The lowest BCUT2D eigenvalue weighted by molar-refractivity contribution is 0.415. The summed E-state index contributed by atoms with van der Waals surface area (Å²) in [5, 5.41) is 13.9. The summed E-state index contributed by atoms with van der Waals surface area (Å²) in [6.45, 7) is 5.27. The zero-order chi connectivity index (χ0) is 13.7. The predicted octanol–water partition coefficient (Wildman–Crippen LogP) is 3.27. The third-order valence-corrected chi connectivity index (χ3v) is 3.98. The number of benzene rings is 1. The van der Waals surface area contributed by atoms with Gasteiger partial charge in [0.15, 0.2) is 0 Å². The molecule has 0 aliphatic rings. The van der Waals surface area contributed by atoms with E-state index in [0.717, 1.165) is 34.3 Å². The summed E-state index contributed by atoms with van der Waals surface area (Å²) < 4.78 is 5.23. The average Bonchev–Trinajstić information content (AvgIpc) is 2.94. The van der Waals surface area contributed by atoms with Gasteiger partial charge in [0.2, 0.25) is 0 Å². The molecular formula is C14H19N3OS. The molecule has 0 aliphatic heterocycles. The van der Waals surface area contributed by atoms with Gasteiger partial charge in [-0.1, -0.05) is 30.4 Å². The van der Waals surface area contributed by atoms with E-state index in [1.54, 1.807) is 18.4 Å². The molecule has 0 amide bonds. The monoisotopic (exact) mass is 277 g/mol. The van der Waals surface area contributed by atoms with E-state index in [1.165, 1.54) is 0 Å². The third-order valence-electron chi connectivity index (χ3n) is 2.83. The Morgan fingerprint density at radius 1 is 1.37 bits per heavy atom. The van der Waals surface area contributed by atoms with E-state index >= 15 is 0 Å². The lowest BCUT2D eigenvalue weighted by atomic mass is 10.2. The van der Waals surface area contributed by atoms with Gasteiger partial charge in [-0.15, -0.1) is 10.2 Å². The Bertz CT molecular complexity index is 527. The molecule has 0 spiro atoms. The maximum atomic E-state index is 5.23. The van der Waals surface area contributed by atoms with Gasteiger partial charge >= 0.3 is 0 Å². The molecule has 4 nitrogen and oxygen atoms in total. The number of rotatable bonds is 6. The summed E-state index contributed by atoms with van der Waals surface area (Å²) in [6.07, 6.45) is 1.12. The van der Waals surface area contributed by atoms with Gasteiger partial charge in [-0.05, 0) is 32.0 Å². The molecule has 1 heterocycles. The van der Waals surface area contributed by atoms with Crippen LogP contribution in [0.5, 0.6) is 5.75 Å². The zero-order valence-corrected chi connectivity index (χ0v) is 12.3. The highest BCUT2D eigenvalue weighted by atomic mass is 32.1. The van der Waals surface area contributed by atoms with Crippen molar-refractivity contribution in [3.8, 4) is 16.3 Å². The van der Waals surface area contributed by atoms with Gasteiger partial charge in [0, 0.05) is 5.56 Å². The molecule has 0 aliphatic carbocycles. The fourth-order valence-electron chi connectivity index (χ4n) is 1.73. The van der Waals surface area contributed by atoms with Crippen LogP contribution in [0.3, 0.4) is 0 Å². The van der Waals surface area contributed by atoms with Crippen molar-refractivity contribution in [2.75, 3.05) is 13.7 Å². The number of nitrogens with zero attached hydrogens (tertiary/aromatic N) is 2. The molecule has 1 N–H and O–H groups in total. The van der Waals surface area contributed by atoms with E-state index in [1.807, 2.05) is 24.3 Å². The Kier molecular flexibility index (Phi) is 4.87. The first-order chi connectivity index (χ1) is 9.24. The van der Waals surface area contributed by atoms with Gasteiger partial charge in [0.05, 0.1) is 13.2 Å². The summed E-state index contributed by atoms with van der Waals surface area (Å²) in [5.41, 5.74) is 1.05. The minimum atomic E-state index is 0.247. The molecule has 5 heteroatoms. The molecule has 2 rings (SSSR count). The molecule has 0 bridgehead atoms. The smallest absolute Gasteiger partial charge is 0.147 e. The zero-order valence-electron chi connectivity index (χ0n) is 11.5. The topological polar surface area (TPSA) is 47.0 Å². The summed E-state index contributed by atoms with van der Waals surface area (Å²) in [7, 11) is 1.67.